The van der Waals surface area contributed by atoms with E-state index in [0.717, 1.165) is 36.8 Å². The van der Waals surface area contributed by atoms with Gasteiger partial charge in [0, 0.05) is 18.5 Å². The Bertz CT molecular complexity index is 941. The number of nitrogens with one attached hydrogen (secondary N) is 2. The summed E-state index contributed by atoms with van der Waals surface area (Å²) < 4.78 is 42.3. The molecule has 1 aromatic carbocycles. The van der Waals surface area contributed by atoms with Gasteiger partial charge in [-0.05, 0) is 30.5 Å². The van der Waals surface area contributed by atoms with Gasteiger partial charge in [0.1, 0.15) is 5.82 Å². The quantitative estimate of drug-likeness (QED) is 0.598. The van der Waals surface area contributed by atoms with E-state index in [9.17, 15) is 18.0 Å². The molecule has 30 heavy (non-hydrogen) atoms. The molecule has 2 aromatic rings. The first kappa shape index (κ1) is 21.3. The van der Waals surface area contributed by atoms with Crippen LogP contribution in [0.1, 0.15) is 66.7 Å². The van der Waals surface area contributed by atoms with Crippen LogP contribution >= 0.6 is 23.2 Å². The monoisotopic (exact) mass is 460 g/mol. The summed E-state index contributed by atoms with van der Waals surface area (Å²) >= 11 is 12.0. The molecule has 0 saturated heterocycles. The number of carbonyl (C=O) groups excluding carboxylic acids is 1. The SMILES string of the molecule is O=C(NC1CCCCC1)c1cc2n(n1)[C@H](C(F)(F)F)C[C@H](c1ccc(Cl)c(Cl)c1)N2. The minimum atomic E-state index is -4.52. The molecule has 10 heteroatoms. The summed E-state index contributed by atoms with van der Waals surface area (Å²) in [6, 6.07) is 3.66. The Hall–Kier alpha value is -1.93. The summed E-state index contributed by atoms with van der Waals surface area (Å²) in [7, 11) is 0. The molecule has 4 rings (SSSR count). The summed E-state index contributed by atoms with van der Waals surface area (Å²) in [5.41, 5.74) is 0.561. The average molecular weight is 461 g/mol. The summed E-state index contributed by atoms with van der Waals surface area (Å²) in [6.45, 7) is 0. The number of rotatable bonds is 3. The lowest BCUT2D eigenvalue weighted by atomic mass is 9.95. The molecule has 1 aliphatic heterocycles. The molecule has 5 nitrogen and oxygen atoms in total. The number of carbonyl (C=O) groups is 1. The van der Waals surface area contributed by atoms with E-state index in [0.29, 0.717) is 10.6 Å². The zero-order chi connectivity index (χ0) is 21.5. The van der Waals surface area contributed by atoms with Gasteiger partial charge in [-0.25, -0.2) is 4.68 Å². The average Bonchev–Trinajstić information content (AvgIpc) is 3.13. The lowest BCUT2D eigenvalue weighted by molar-refractivity contribution is -0.173. The highest BCUT2D eigenvalue weighted by Crippen LogP contribution is 2.44. The third kappa shape index (κ3) is 4.39. The van der Waals surface area contributed by atoms with Crippen molar-refractivity contribution in [1.82, 2.24) is 15.1 Å². The van der Waals surface area contributed by atoms with Crippen LogP contribution in [0.3, 0.4) is 0 Å². The number of benzene rings is 1. The van der Waals surface area contributed by atoms with Gasteiger partial charge in [-0.2, -0.15) is 18.3 Å². The van der Waals surface area contributed by atoms with Crippen molar-refractivity contribution in [3.05, 3.63) is 45.6 Å². The van der Waals surface area contributed by atoms with Crippen molar-refractivity contribution in [1.29, 1.82) is 0 Å². The molecule has 2 aliphatic rings. The minimum absolute atomic E-state index is 0.0212. The Balaban J connectivity index is 1.61. The van der Waals surface area contributed by atoms with Gasteiger partial charge in [-0.15, -0.1) is 0 Å². The van der Waals surface area contributed by atoms with Crippen LogP contribution in [0.15, 0.2) is 24.3 Å². The zero-order valence-electron chi connectivity index (χ0n) is 16.0. The third-order valence-corrected chi connectivity index (χ3v) is 6.45. The van der Waals surface area contributed by atoms with E-state index in [2.05, 4.69) is 15.7 Å². The van der Waals surface area contributed by atoms with Crippen LogP contribution < -0.4 is 10.6 Å². The van der Waals surface area contributed by atoms with Crippen molar-refractivity contribution in [2.45, 2.75) is 62.8 Å². The third-order valence-electron chi connectivity index (χ3n) is 5.71. The fourth-order valence-electron chi connectivity index (χ4n) is 4.14. The Morgan fingerprint density at radius 2 is 1.87 bits per heavy atom. The molecular formula is C20H21Cl2F3N4O. The minimum Gasteiger partial charge on any atom is -0.363 e. The Kier molecular flexibility index (Phi) is 5.90. The first-order chi connectivity index (χ1) is 14.2. The van der Waals surface area contributed by atoms with E-state index in [-0.39, 0.29) is 29.0 Å². The summed E-state index contributed by atoms with van der Waals surface area (Å²) in [5, 5.41) is 10.6. The fourth-order valence-corrected chi connectivity index (χ4v) is 4.44. The van der Waals surface area contributed by atoms with Gasteiger partial charge in [0.25, 0.3) is 5.91 Å². The molecule has 1 amide bonds. The number of hydrogen-bond acceptors (Lipinski definition) is 3. The largest absolute Gasteiger partial charge is 0.410 e. The number of nitrogens with zero attached hydrogens (tertiary/aromatic N) is 2. The number of halogens is 5. The van der Waals surface area contributed by atoms with E-state index in [4.69, 9.17) is 23.2 Å². The van der Waals surface area contributed by atoms with Crippen molar-refractivity contribution in [3.8, 4) is 0 Å². The normalized spacial score (nSPS) is 22.3. The number of aromatic nitrogens is 2. The first-order valence-electron chi connectivity index (χ1n) is 9.91. The van der Waals surface area contributed by atoms with E-state index in [1.807, 2.05) is 0 Å². The van der Waals surface area contributed by atoms with Gasteiger partial charge in [-0.3, -0.25) is 4.79 Å². The van der Waals surface area contributed by atoms with Gasteiger partial charge in [-0.1, -0.05) is 48.5 Å². The molecule has 1 aromatic heterocycles. The molecule has 2 N–H and O–H groups in total. The predicted molar refractivity (Wildman–Crippen MR) is 109 cm³/mol. The van der Waals surface area contributed by atoms with Crippen molar-refractivity contribution in [2.24, 2.45) is 0 Å². The molecule has 0 bridgehead atoms. The molecule has 1 fully saturated rings. The van der Waals surface area contributed by atoms with Crippen molar-refractivity contribution in [2.75, 3.05) is 5.32 Å². The van der Waals surface area contributed by atoms with Crippen LogP contribution in [-0.4, -0.2) is 27.9 Å². The molecule has 0 unspecified atom stereocenters. The molecule has 2 atom stereocenters. The van der Waals surface area contributed by atoms with E-state index in [1.54, 1.807) is 18.2 Å². The van der Waals surface area contributed by atoms with E-state index >= 15 is 0 Å². The zero-order valence-corrected chi connectivity index (χ0v) is 17.5. The highest BCUT2D eigenvalue weighted by atomic mass is 35.5. The smallest absolute Gasteiger partial charge is 0.363 e. The van der Waals surface area contributed by atoms with Gasteiger partial charge in [0.15, 0.2) is 11.7 Å². The Labute approximate surface area is 181 Å². The van der Waals surface area contributed by atoms with Crippen LogP contribution in [0.2, 0.25) is 10.0 Å². The standard InChI is InChI=1S/C20H21Cl2F3N4O/c21-13-7-6-11(8-14(13)22)15-9-17(20(23,24)25)29-18(27-15)10-16(28-29)19(30)26-12-4-2-1-3-5-12/h6-8,10,12,15,17,27H,1-5,9H2,(H,26,30)/t15-,17+/m1/s1. The maximum absolute atomic E-state index is 13.8. The summed E-state index contributed by atoms with van der Waals surface area (Å²) in [4.78, 5) is 12.6. The van der Waals surface area contributed by atoms with Gasteiger partial charge in [0.05, 0.1) is 16.1 Å². The number of amides is 1. The second-order valence-corrected chi connectivity index (χ2v) is 8.65. The fraction of sp³-hybridized carbons (Fsp3) is 0.500. The van der Waals surface area contributed by atoms with Gasteiger partial charge in [0.2, 0.25) is 0 Å². The van der Waals surface area contributed by atoms with E-state index in [1.165, 1.54) is 6.07 Å². The lowest BCUT2D eigenvalue weighted by Gasteiger charge is -2.33. The van der Waals surface area contributed by atoms with Crippen molar-refractivity contribution in [3.63, 3.8) is 0 Å². The van der Waals surface area contributed by atoms with Crippen LogP contribution in [0.5, 0.6) is 0 Å². The number of hydrogen-bond donors (Lipinski definition) is 2. The Morgan fingerprint density at radius 3 is 2.53 bits per heavy atom. The van der Waals surface area contributed by atoms with E-state index < -0.39 is 24.2 Å². The molecule has 1 aliphatic carbocycles. The number of anilines is 1. The molecule has 2 heterocycles. The highest BCUT2D eigenvalue weighted by molar-refractivity contribution is 6.42. The molecule has 0 spiro atoms. The van der Waals surface area contributed by atoms with Crippen LogP contribution in [-0.2, 0) is 0 Å². The predicted octanol–water partition coefficient (Wildman–Crippen LogP) is 5.91. The van der Waals surface area contributed by atoms with Crippen LogP contribution in [0.25, 0.3) is 0 Å². The number of alkyl halides is 3. The van der Waals surface area contributed by atoms with Crippen LogP contribution in [0, 0.1) is 0 Å². The van der Waals surface area contributed by atoms with Crippen LogP contribution in [0.4, 0.5) is 19.0 Å². The highest BCUT2D eigenvalue weighted by Gasteiger charge is 2.47. The van der Waals surface area contributed by atoms with Gasteiger partial charge < -0.3 is 10.6 Å². The number of fused-ring (bicyclic) bond motifs is 1. The second-order valence-electron chi connectivity index (χ2n) is 7.83. The maximum atomic E-state index is 13.8. The molecule has 1 saturated carbocycles. The lowest BCUT2D eigenvalue weighted by Crippen LogP contribution is -2.37. The maximum Gasteiger partial charge on any atom is 0.410 e. The Morgan fingerprint density at radius 1 is 1.13 bits per heavy atom. The molecule has 0 radical (unpaired) electrons. The summed E-state index contributed by atoms with van der Waals surface area (Å²) in [5.74, 6) is -0.300. The molecule has 162 valence electrons. The topological polar surface area (TPSA) is 59.0 Å². The molecular weight excluding hydrogens is 440 g/mol. The van der Waals surface area contributed by atoms with Crippen molar-refractivity contribution >= 4 is 34.9 Å². The van der Waals surface area contributed by atoms with Gasteiger partial charge >= 0.3 is 6.18 Å². The first-order valence-corrected chi connectivity index (χ1v) is 10.7. The van der Waals surface area contributed by atoms with Crippen molar-refractivity contribution < 1.29 is 18.0 Å². The second kappa shape index (κ2) is 8.30. The summed E-state index contributed by atoms with van der Waals surface area (Å²) in [6.07, 6.45) is 0.165.